The summed E-state index contributed by atoms with van der Waals surface area (Å²) in [5.41, 5.74) is 3.21. The molecule has 1 aliphatic rings. The topological polar surface area (TPSA) is 46.3 Å². The van der Waals surface area contributed by atoms with E-state index in [-0.39, 0.29) is 12.8 Å². The summed E-state index contributed by atoms with van der Waals surface area (Å²) in [5.74, 6) is -0.807. The van der Waals surface area contributed by atoms with Crippen molar-refractivity contribution in [2.24, 2.45) is 5.73 Å². The Hall–Kier alpha value is -0.640. The SMILES string of the molecule is CCN1CCC(F)(C(N)=O)CC1. The lowest BCUT2D eigenvalue weighted by molar-refractivity contribution is -0.132. The fourth-order valence-corrected chi connectivity index (χ4v) is 1.47. The molecule has 3 nitrogen and oxygen atoms in total. The van der Waals surface area contributed by atoms with E-state index in [1.807, 2.05) is 6.92 Å². The van der Waals surface area contributed by atoms with Gasteiger partial charge in [-0.15, -0.1) is 0 Å². The maximum Gasteiger partial charge on any atom is 0.255 e. The zero-order valence-electron chi connectivity index (χ0n) is 7.35. The summed E-state index contributed by atoms with van der Waals surface area (Å²) in [6.07, 6.45) is 0.492. The number of nitrogens with zero attached hydrogens (tertiary/aromatic N) is 1. The normalized spacial score (nSPS) is 23.8. The number of alkyl halides is 1. The van der Waals surface area contributed by atoms with E-state index in [4.69, 9.17) is 5.73 Å². The maximum absolute atomic E-state index is 13.5. The first kappa shape index (κ1) is 9.45. The van der Waals surface area contributed by atoms with Crippen LogP contribution < -0.4 is 5.73 Å². The van der Waals surface area contributed by atoms with Gasteiger partial charge < -0.3 is 10.6 Å². The third kappa shape index (κ3) is 1.75. The molecule has 0 spiro atoms. The van der Waals surface area contributed by atoms with Crippen molar-refractivity contribution in [1.82, 2.24) is 4.90 Å². The molecule has 0 atom stereocenters. The van der Waals surface area contributed by atoms with Crippen LogP contribution in [-0.4, -0.2) is 36.1 Å². The third-order valence-corrected chi connectivity index (χ3v) is 2.54. The Labute approximate surface area is 71.7 Å². The van der Waals surface area contributed by atoms with E-state index < -0.39 is 11.6 Å². The Bertz CT molecular complexity index is 176. The zero-order valence-corrected chi connectivity index (χ0v) is 7.35. The van der Waals surface area contributed by atoms with Gasteiger partial charge in [-0.1, -0.05) is 6.92 Å². The minimum Gasteiger partial charge on any atom is -0.367 e. The molecular weight excluding hydrogens is 159 g/mol. The van der Waals surface area contributed by atoms with Crippen LogP contribution in [0, 0.1) is 0 Å². The van der Waals surface area contributed by atoms with Crippen LogP contribution in [0.1, 0.15) is 19.8 Å². The molecule has 0 aromatic carbocycles. The van der Waals surface area contributed by atoms with E-state index in [2.05, 4.69) is 4.90 Å². The van der Waals surface area contributed by atoms with E-state index in [0.717, 1.165) is 6.54 Å². The van der Waals surface area contributed by atoms with E-state index in [1.54, 1.807) is 0 Å². The van der Waals surface area contributed by atoms with Crippen molar-refractivity contribution < 1.29 is 9.18 Å². The molecule has 1 rings (SSSR count). The molecule has 0 radical (unpaired) electrons. The molecule has 0 aliphatic carbocycles. The lowest BCUT2D eigenvalue weighted by Crippen LogP contribution is -2.49. The van der Waals surface area contributed by atoms with Gasteiger partial charge in [-0.3, -0.25) is 4.79 Å². The van der Waals surface area contributed by atoms with Gasteiger partial charge in [0.25, 0.3) is 5.91 Å². The Morgan fingerprint density at radius 2 is 2.08 bits per heavy atom. The number of rotatable bonds is 2. The van der Waals surface area contributed by atoms with Crippen molar-refractivity contribution in [2.75, 3.05) is 19.6 Å². The lowest BCUT2D eigenvalue weighted by Gasteiger charge is -2.33. The maximum atomic E-state index is 13.5. The second-order valence-corrected chi connectivity index (χ2v) is 3.26. The summed E-state index contributed by atoms with van der Waals surface area (Å²) in [4.78, 5) is 12.8. The third-order valence-electron chi connectivity index (χ3n) is 2.54. The first-order chi connectivity index (χ1) is 5.58. The van der Waals surface area contributed by atoms with Crippen LogP contribution in [0.5, 0.6) is 0 Å². The Morgan fingerprint density at radius 3 is 2.42 bits per heavy atom. The van der Waals surface area contributed by atoms with Crippen LogP contribution in [0.25, 0.3) is 0 Å². The number of piperidine rings is 1. The number of primary amides is 1. The van der Waals surface area contributed by atoms with E-state index in [1.165, 1.54) is 0 Å². The van der Waals surface area contributed by atoms with E-state index in [9.17, 15) is 9.18 Å². The van der Waals surface area contributed by atoms with Crippen LogP contribution >= 0.6 is 0 Å². The van der Waals surface area contributed by atoms with Gasteiger partial charge in [-0.25, -0.2) is 4.39 Å². The largest absolute Gasteiger partial charge is 0.367 e. The molecule has 4 heteroatoms. The van der Waals surface area contributed by atoms with Gasteiger partial charge in [-0.2, -0.15) is 0 Å². The number of nitrogens with two attached hydrogens (primary N) is 1. The van der Waals surface area contributed by atoms with Crippen molar-refractivity contribution >= 4 is 5.91 Å². The molecule has 1 aliphatic heterocycles. The molecule has 1 fully saturated rings. The number of amides is 1. The number of likely N-dealkylation sites (tertiary alicyclic amines) is 1. The number of carbonyl (C=O) groups excluding carboxylic acids is 1. The van der Waals surface area contributed by atoms with Gasteiger partial charge in [0.05, 0.1) is 0 Å². The average Bonchev–Trinajstić information content (AvgIpc) is 2.06. The molecule has 1 heterocycles. The average molecular weight is 174 g/mol. The molecule has 1 amide bonds. The molecule has 1 saturated heterocycles. The smallest absolute Gasteiger partial charge is 0.255 e. The van der Waals surface area contributed by atoms with Crippen LogP contribution in [0.3, 0.4) is 0 Å². The molecule has 0 unspecified atom stereocenters. The van der Waals surface area contributed by atoms with Crippen molar-refractivity contribution in [3.05, 3.63) is 0 Å². The standard InChI is InChI=1S/C8H15FN2O/c1-2-11-5-3-8(9,4-6-11)7(10)12/h2-6H2,1H3,(H2,10,12). The monoisotopic (exact) mass is 174 g/mol. The predicted molar refractivity (Wildman–Crippen MR) is 44.4 cm³/mol. The zero-order chi connectivity index (χ0) is 9.19. The highest BCUT2D eigenvalue weighted by atomic mass is 19.1. The van der Waals surface area contributed by atoms with Crippen LogP contribution in [0.2, 0.25) is 0 Å². The van der Waals surface area contributed by atoms with Gasteiger partial charge in [0, 0.05) is 25.9 Å². The molecule has 0 saturated carbocycles. The quantitative estimate of drug-likeness (QED) is 0.654. The molecule has 0 bridgehead atoms. The highest BCUT2D eigenvalue weighted by Gasteiger charge is 2.39. The Balaban J connectivity index is 2.49. The molecule has 0 aromatic rings. The van der Waals surface area contributed by atoms with Gasteiger partial charge in [0.2, 0.25) is 0 Å². The second-order valence-electron chi connectivity index (χ2n) is 3.26. The number of hydrogen-bond acceptors (Lipinski definition) is 2. The summed E-state index contributed by atoms with van der Waals surface area (Å²) in [6.45, 7) is 4.20. The van der Waals surface area contributed by atoms with E-state index in [0.29, 0.717) is 13.1 Å². The van der Waals surface area contributed by atoms with Gasteiger partial charge in [0.15, 0.2) is 5.67 Å². The first-order valence-electron chi connectivity index (χ1n) is 4.29. The molecule has 70 valence electrons. The van der Waals surface area contributed by atoms with Gasteiger partial charge in [-0.05, 0) is 6.54 Å². The number of hydrogen-bond donors (Lipinski definition) is 1. The fraction of sp³-hybridized carbons (Fsp3) is 0.875. The summed E-state index contributed by atoms with van der Waals surface area (Å²) >= 11 is 0. The van der Waals surface area contributed by atoms with Crippen molar-refractivity contribution in [3.63, 3.8) is 0 Å². The lowest BCUT2D eigenvalue weighted by atomic mass is 9.93. The molecular formula is C8H15FN2O. The van der Waals surface area contributed by atoms with Crippen molar-refractivity contribution in [2.45, 2.75) is 25.4 Å². The second kappa shape index (κ2) is 3.39. The van der Waals surface area contributed by atoms with E-state index >= 15 is 0 Å². The van der Waals surface area contributed by atoms with Crippen LogP contribution in [0.15, 0.2) is 0 Å². The summed E-state index contributed by atoms with van der Waals surface area (Å²) in [7, 11) is 0. The molecule has 12 heavy (non-hydrogen) atoms. The summed E-state index contributed by atoms with van der Waals surface area (Å²) < 4.78 is 13.5. The summed E-state index contributed by atoms with van der Waals surface area (Å²) in [5, 5.41) is 0. The van der Waals surface area contributed by atoms with Crippen LogP contribution in [-0.2, 0) is 4.79 Å². The molecule has 2 N–H and O–H groups in total. The van der Waals surface area contributed by atoms with Gasteiger partial charge >= 0.3 is 0 Å². The summed E-state index contributed by atoms with van der Waals surface area (Å²) in [6, 6.07) is 0. The van der Waals surface area contributed by atoms with Gasteiger partial charge in [0.1, 0.15) is 0 Å². The highest BCUT2D eigenvalue weighted by Crippen LogP contribution is 2.25. The number of carbonyl (C=O) groups is 1. The fourth-order valence-electron chi connectivity index (χ4n) is 1.47. The Kier molecular flexibility index (Phi) is 2.67. The first-order valence-corrected chi connectivity index (χ1v) is 4.29. The predicted octanol–water partition coefficient (Wildman–Crippen LogP) is 0.296. The minimum atomic E-state index is -1.74. The van der Waals surface area contributed by atoms with Crippen molar-refractivity contribution in [1.29, 1.82) is 0 Å². The molecule has 0 aromatic heterocycles. The minimum absolute atomic E-state index is 0.246. The Morgan fingerprint density at radius 1 is 1.58 bits per heavy atom. The van der Waals surface area contributed by atoms with Crippen molar-refractivity contribution in [3.8, 4) is 0 Å². The van der Waals surface area contributed by atoms with Crippen LogP contribution in [0.4, 0.5) is 4.39 Å². The highest BCUT2D eigenvalue weighted by molar-refractivity contribution is 5.83. The number of halogens is 1.